The average molecular weight is 462 g/mol. The quantitative estimate of drug-likeness (QED) is 0.431. The summed E-state index contributed by atoms with van der Waals surface area (Å²) in [5.41, 5.74) is 1.96. The molecular weight excluding hydrogens is 438 g/mol. The number of fused-ring (bicyclic) bond motifs is 2. The normalized spacial score (nSPS) is 19.3. The summed E-state index contributed by atoms with van der Waals surface area (Å²) >= 11 is 3.10. The van der Waals surface area contributed by atoms with Gasteiger partial charge < -0.3 is 9.64 Å². The number of benzene rings is 3. The number of methoxy groups -OCH3 is 1. The minimum absolute atomic E-state index is 0.0113. The Morgan fingerprint density at radius 3 is 2.50 bits per heavy atom. The van der Waals surface area contributed by atoms with Gasteiger partial charge in [0.05, 0.1) is 18.5 Å². The van der Waals surface area contributed by atoms with Crippen LogP contribution in [0.2, 0.25) is 0 Å². The molecule has 0 radical (unpaired) electrons. The van der Waals surface area contributed by atoms with Gasteiger partial charge in [-0.25, -0.2) is 4.99 Å². The Bertz CT molecular complexity index is 1280. The summed E-state index contributed by atoms with van der Waals surface area (Å²) in [6.07, 6.45) is 0. The van der Waals surface area contributed by atoms with Crippen LogP contribution in [0.15, 0.2) is 80.5 Å². The molecule has 0 bridgehead atoms. The predicted octanol–water partition coefficient (Wildman–Crippen LogP) is 6.23. The van der Waals surface area contributed by atoms with E-state index < -0.39 is 0 Å². The maximum atomic E-state index is 13.4. The number of amidine groups is 1. The first-order valence-electron chi connectivity index (χ1n) is 10.6. The Morgan fingerprint density at radius 1 is 0.938 bits per heavy atom. The first-order chi connectivity index (χ1) is 15.6. The predicted molar refractivity (Wildman–Crippen MR) is 135 cm³/mol. The zero-order valence-corrected chi connectivity index (χ0v) is 19.8. The molecule has 5 rings (SSSR count). The van der Waals surface area contributed by atoms with E-state index in [4.69, 9.17) is 9.73 Å². The molecule has 2 aliphatic rings. The molecular formula is C25H23N3O2S2. The van der Waals surface area contributed by atoms with Gasteiger partial charge in [-0.3, -0.25) is 9.69 Å². The average Bonchev–Trinajstić information content (AvgIpc) is 3.34. The molecule has 2 aliphatic heterocycles. The molecule has 5 nitrogen and oxygen atoms in total. The van der Waals surface area contributed by atoms with Gasteiger partial charge >= 0.3 is 0 Å². The maximum Gasteiger partial charge on any atom is 0.269 e. The van der Waals surface area contributed by atoms with E-state index >= 15 is 0 Å². The molecule has 0 saturated carbocycles. The summed E-state index contributed by atoms with van der Waals surface area (Å²) in [7, 11) is 1.67. The standard InChI is InChI=1S/C25H23N3O2S2/c1-4-27-20-15-17(30-3)13-14-21(20)31-24(27)22-23(29)28(5-2)25(32-22)26-19-12-8-10-16-9-6-7-11-18(16)19/h6-15H,4-5H2,1-3H3. The number of ether oxygens (including phenoxy) is 1. The first-order valence-corrected chi connectivity index (χ1v) is 12.2. The lowest BCUT2D eigenvalue weighted by atomic mass is 10.1. The molecule has 3 aromatic carbocycles. The molecule has 1 fully saturated rings. The van der Waals surface area contributed by atoms with Crippen LogP contribution in [0.4, 0.5) is 11.4 Å². The highest BCUT2D eigenvalue weighted by molar-refractivity contribution is 8.19. The van der Waals surface area contributed by atoms with Gasteiger partial charge in [-0.15, -0.1) is 0 Å². The van der Waals surface area contributed by atoms with E-state index in [1.54, 1.807) is 23.8 Å². The number of anilines is 1. The second kappa shape index (κ2) is 8.56. The monoisotopic (exact) mass is 461 g/mol. The van der Waals surface area contributed by atoms with Gasteiger partial charge in [0.15, 0.2) is 5.17 Å². The van der Waals surface area contributed by atoms with Crippen LogP contribution in [0, 0.1) is 0 Å². The molecule has 0 N–H and O–H groups in total. The lowest BCUT2D eigenvalue weighted by Gasteiger charge is -2.19. The highest BCUT2D eigenvalue weighted by Crippen LogP contribution is 2.51. The third kappa shape index (κ3) is 3.45. The summed E-state index contributed by atoms with van der Waals surface area (Å²) in [6, 6.07) is 20.3. The Balaban J connectivity index is 1.58. The summed E-state index contributed by atoms with van der Waals surface area (Å²) in [5, 5.41) is 3.91. The molecule has 0 aromatic heterocycles. The smallest absolute Gasteiger partial charge is 0.269 e. The van der Waals surface area contributed by atoms with Crippen LogP contribution >= 0.6 is 23.5 Å². The molecule has 7 heteroatoms. The number of amides is 1. The molecule has 3 aromatic rings. The largest absolute Gasteiger partial charge is 0.497 e. The fourth-order valence-corrected chi connectivity index (χ4v) is 6.41. The van der Waals surface area contributed by atoms with E-state index in [9.17, 15) is 4.79 Å². The molecule has 0 spiro atoms. The molecule has 32 heavy (non-hydrogen) atoms. The second-order valence-corrected chi connectivity index (χ2v) is 9.37. The number of likely N-dealkylation sites (N-methyl/N-ethyl adjacent to an activating group) is 1. The van der Waals surface area contributed by atoms with Gasteiger partial charge in [-0.05, 0) is 49.2 Å². The molecule has 0 unspecified atom stereocenters. The van der Waals surface area contributed by atoms with Gasteiger partial charge in [0, 0.05) is 29.4 Å². The van der Waals surface area contributed by atoms with Crippen LogP contribution in [-0.2, 0) is 4.79 Å². The van der Waals surface area contributed by atoms with Crippen LogP contribution < -0.4 is 9.64 Å². The van der Waals surface area contributed by atoms with Crippen molar-refractivity contribution in [2.45, 2.75) is 18.7 Å². The molecule has 162 valence electrons. The highest BCUT2D eigenvalue weighted by Gasteiger charge is 2.39. The van der Waals surface area contributed by atoms with Gasteiger partial charge in [0.2, 0.25) is 0 Å². The summed E-state index contributed by atoms with van der Waals surface area (Å²) in [4.78, 5) is 24.2. The van der Waals surface area contributed by atoms with Gasteiger partial charge in [-0.1, -0.05) is 48.2 Å². The zero-order valence-electron chi connectivity index (χ0n) is 18.2. The van der Waals surface area contributed by atoms with E-state index in [1.807, 2.05) is 43.3 Å². The molecule has 0 aliphatic carbocycles. The van der Waals surface area contributed by atoms with Crippen molar-refractivity contribution in [1.82, 2.24) is 4.90 Å². The van der Waals surface area contributed by atoms with E-state index in [2.05, 4.69) is 36.1 Å². The Kier molecular flexibility index (Phi) is 5.61. The molecule has 1 saturated heterocycles. The fraction of sp³-hybridized carbons (Fsp3) is 0.200. The number of nitrogens with zero attached hydrogens (tertiary/aromatic N) is 3. The summed E-state index contributed by atoms with van der Waals surface area (Å²) in [5.74, 6) is 0.824. The van der Waals surface area contributed by atoms with Crippen LogP contribution in [0.1, 0.15) is 13.8 Å². The number of hydrogen-bond acceptors (Lipinski definition) is 6. The van der Waals surface area contributed by atoms with Crippen LogP contribution in [0.5, 0.6) is 5.75 Å². The minimum atomic E-state index is 0.0113. The number of carbonyl (C=O) groups is 1. The van der Waals surface area contributed by atoms with E-state index in [-0.39, 0.29) is 5.91 Å². The van der Waals surface area contributed by atoms with Crippen molar-refractivity contribution in [3.8, 4) is 5.75 Å². The van der Waals surface area contributed by atoms with Crippen molar-refractivity contribution < 1.29 is 9.53 Å². The lowest BCUT2D eigenvalue weighted by molar-refractivity contribution is -0.122. The number of thioether (sulfide) groups is 2. The van der Waals surface area contributed by atoms with Crippen molar-refractivity contribution in [3.63, 3.8) is 0 Å². The number of rotatable bonds is 4. The van der Waals surface area contributed by atoms with Crippen molar-refractivity contribution in [2.24, 2.45) is 4.99 Å². The number of carbonyl (C=O) groups excluding carboxylic acids is 1. The molecule has 1 amide bonds. The minimum Gasteiger partial charge on any atom is -0.497 e. The second-order valence-electron chi connectivity index (χ2n) is 7.36. The Labute approximate surface area is 196 Å². The van der Waals surface area contributed by atoms with Gasteiger partial charge in [0.1, 0.15) is 15.7 Å². The van der Waals surface area contributed by atoms with E-state index in [1.165, 1.54) is 11.8 Å². The Morgan fingerprint density at radius 2 is 1.72 bits per heavy atom. The first kappa shape index (κ1) is 21.0. The number of aliphatic imine (C=N–C) groups is 1. The topological polar surface area (TPSA) is 45.1 Å². The van der Waals surface area contributed by atoms with Crippen LogP contribution in [0.3, 0.4) is 0 Å². The van der Waals surface area contributed by atoms with Crippen molar-refractivity contribution in [1.29, 1.82) is 0 Å². The van der Waals surface area contributed by atoms with Crippen LogP contribution in [-0.4, -0.2) is 36.2 Å². The fourth-order valence-electron chi connectivity index (χ4n) is 3.98. The highest BCUT2D eigenvalue weighted by atomic mass is 32.2. The molecule has 0 atom stereocenters. The lowest BCUT2D eigenvalue weighted by Crippen LogP contribution is -2.29. The SMILES string of the molecule is CCN1C(=O)C(=C2Sc3ccc(OC)cc3N2CC)SC1=Nc1cccc2ccccc12. The van der Waals surface area contributed by atoms with E-state index in [0.29, 0.717) is 6.54 Å². The van der Waals surface area contributed by atoms with Crippen molar-refractivity contribution in [3.05, 3.63) is 70.6 Å². The van der Waals surface area contributed by atoms with Crippen molar-refractivity contribution in [2.75, 3.05) is 25.1 Å². The summed E-state index contributed by atoms with van der Waals surface area (Å²) in [6.45, 7) is 5.43. The van der Waals surface area contributed by atoms with Gasteiger partial charge in [0.25, 0.3) is 5.91 Å². The molecule has 2 heterocycles. The third-order valence-electron chi connectivity index (χ3n) is 5.58. The zero-order chi connectivity index (χ0) is 22.2. The maximum absolute atomic E-state index is 13.4. The Hall–Kier alpha value is -2.90. The van der Waals surface area contributed by atoms with E-state index in [0.717, 1.165) is 54.4 Å². The third-order valence-corrected chi connectivity index (χ3v) is 7.96. The van der Waals surface area contributed by atoms with Crippen LogP contribution in [0.25, 0.3) is 10.8 Å². The van der Waals surface area contributed by atoms with Crippen molar-refractivity contribution >= 4 is 56.7 Å². The number of hydrogen-bond donors (Lipinski definition) is 0. The summed E-state index contributed by atoms with van der Waals surface area (Å²) < 4.78 is 5.42. The van der Waals surface area contributed by atoms with Gasteiger partial charge in [-0.2, -0.15) is 0 Å².